The highest BCUT2D eigenvalue weighted by Gasteiger charge is 2.09. The first-order chi connectivity index (χ1) is 6.47. The van der Waals surface area contributed by atoms with E-state index >= 15 is 0 Å². The zero-order valence-electron chi connectivity index (χ0n) is 10.7. The lowest BCUT2D eigenvalue weighted by atomic mass is 10.3. The molecule has 0 spiro atoms. The minimum absolute atomic E-state index is 0.641. The van der Waals surface area contributed by atoms with Crippen LogP contribution in [0.4, 0.5) is 0 Å². The highest BCUT2D eigenvalue weighted by Crippen LogP contribution is 1.98. The normalized spacial score (nSPS) is 12.4. The van der Waals surface area contributed by atoms with Crippen LogP contribution < -0.4 is 0 Å². The number of hydrogen-bond donors (Lipinski definition) is 0. The molecule has 0 bridgehead atoms. The van der Waals surface area contributed by atoms with Crippen LogP contribution in [-0.2, 0) is 0 Å². The van der Waals surface area contributed by atoms with Crippen LogP contribution in [0, 0.1) is 0 Å². The minimum Gasteiger partial charge on any atom is -0.308 e. The molecule has 0 aromatic rings. The molecule has 86 valence electrons. The first-order valence-electron chi connectivity index (χ1n) is 5.54. The van der Waals surface area contributed by atoms with Crippen molar-refractivity contribution in [2.24, 2.45) is 0 Å². The fourth-order valence-corrected chi connectivity index (χ4v) is 1.38. The zero-order valence-corrected chi connectivity index (χ0v) is 10.7. The molecule has 0 saturated heterocycles. The van der Waals surface area contributed by atoms with Gasteiger partial charge in [-0.25, -0.2) is 0 Å². The maximum atomic E-state index is 2.47. The maximum absolute atomic E-state index is 2.47. The van der Waals surface area contributed by atoms with Crippen molar-refractivity contribution in [1.29, 1.82) is 0 Å². The Hall–Kier alpha value is -0.120. The third-order valence-corrected chi connectivity index (χ3v) is 2.49. The van der Waals surface area contributed by atoms with E-state index in [1.807, 2.05) is 0 Å². The van der Waals surface area contributed by atoms with E-state index in [0.29, 0.717) is 6.04 Å². The number of likely N-dealkylation sites (N-methyl/N-ethyl adjacent to an activating group) is 2. The van der Waals surface area contributed by atoms with Crippen LogP contribution in [0.1, 0.15) is 20.8 Å². The molecule has 0 amide bonds. The summed E-state index contributed by atoms with van der Waals surface area (Å²) in [5, 5.41) is 0. The molecule has 0 N–H and O–H groups in total. The van der Waals surface area contributed by atoms with Crippen LogP contribution in [-0.4, -0.2) is 68.2 Å². The molecular formula is C11H27N3. The first kappa shape index (κ1) is 13.9. The average Bonchev–Trinajstić information content (AvgIpc) is 2.10. The molecule has 0 aromatic carbocycles. The number of hydrogen-bond acceptors (Lipinski definition) is 3. The van der Waals surface area contributed by atoms with Crippen LogP contribution in [0.15, 0.2) is 0 Å². The van der Waals surface area contributed by atoms with Gasteiger partial charge in [-0.2, -0.15) is 0 Å². The van der Waals surface area contributed by atoms with Crippen LogP contribution in [0.3, 0.4) is 0 Å². The van der Waals surface area contributed by atoms with Crippen molar-refractivity contribution in [3.63, 3.8) is 0 Å². The van der Waals surface area contributed by atoms with E-state index in [1.54, 1.807) is 0 Å². The second-order valence-corrected chi connectivity index (χ2v) is 4.52. The molecule has 0 fully saturated rings. The van der Waals surface area contributed by atoms with Gasteiger partial charge in [0.25, 0.3) is 0 Å². The summed E-state index contributed by atoms with van der Waals surface area (Å²) in [5.74, 6) is 0. The van der Waals surface area contributed by atoms with Gasteiger partial charge in [0.05, 0.1) is 6.67 Å². The molecule has 0 aromatic heterocycles. The third kappa shape index (κ3) is 6.35. The van der Waals surface area contributed by atoms with Gasteiger partial charge in [0.2, 0.25) is 0 Å². The first-order valence-corrected chi connectivity index (χ1v) is 5.54. The van der Waals surface area contributed by atoms with Crippen molar-refractivity contribution in [3.8, 4) is 0 Å². The Morgan fingerprint density at radius 3 is 1.93 bits per heavy atom. The van der Waals surface area contributed by atoms with Gasteiger partial charge in [-0.05, 0) is 41.5 Å². The molecule has 0 unspecified atom stereocenters. The summed E-state index contributed by atoms with van der Waals surface area (Å²) in [7, 11) is 6.43. The Morgan fingerprint density at radius 1 is 1.00 bits per heavy atom. The predicted octanol–water partition coefficient (Wildman–Crippen LogP) is 1.17. The van der Waals surface area contributed by atoms with Gasteiger partial charge < -0.3 is 4.90 Å². The lowest BCUT2D eigenvalue weighted by Gasteiger charge is -2.30. The SMILES string of the molecule is CCN(CN(C)CCN(C)C)C(C)C. The van der Waals surface area contributed by atoms with E-state index in [1.165, 1.54) is 0 Å². The van der Waals surface area contributed by atoms with E-state index in [2.05, 4.69) is 56.6 Å². The highest BCUT2D eigenvalue weighted by molar-refractivity contribution is 4.61. The van der Waals surface area contributed by atoms with Crippen LogP contribution in [0.2, 0.25) is 0 Å². The van der Waals surface area contributed by atoms with Gasteiger partial charge in [-0.15, -0.1) is 0 Å². The van der Waals surface area contributed by atoms with Gasteiger partial charge in [0.1, 0.15) is 0 Å². The van der Waals surface area contributed by atoms with Crippen molar-refractivity contribution in [3.05, 3.63) is 0 Å². The van der Waals surface area contributed by atoms with E-state index in [0.717, 1.165) is 26.3 Å². The van der Waals surface area contributed by atoms with Crippen molar-refractivity contribution >= 4 is 0 Å². The molecule has 0 saturated carbocycles. The van der Waals surface area contributed by atoms with Gasteiger partial charge in [0, 0.05) is 19.1 Å². The summed E-state index contributed by atoms with van der Waals surface area (Å²) in [4.78, 5) is 7.07. The molecule has 3 nitrogen and oxygen atoms in total. The lowest BCUT2D eigenvalue weighted by Crippen LogP contribution is -2.41. The predicted molar refractivity (Wildman–Crippen MR) is 63.6 cm³/mol. The van der Waals surface area contributed by atoms with Crippen molar-refractivity contribution < 1.29 is 0 Å². The molecule has 0 aliphatic rings. The molecule has 14 heavy (non-hydrogen) atoms. The molecule has 0 heterocycles. The minimum atomic E-state index is 0.641. The maximum Gasteiger partial charge on any atom is 0.0506 e. The Kier molecular flexibility index (Phi) is 7.15. The molecule has 0 atom stereocenters. The zero-order chi connectivity index (χ0) is 11.1. The summed E-state index contributed by atoms with van der Waals surface area (Å²) in [6, 6.07) is 0.641. The van der Waals surface area contributed by atoms with E-state index < -0.39 is 0 Å². The van der Waals surface area contributed by atoms with Gasteiger partial charge in [0.15, 0.2) is 0 Å². The second kappa shape index (κ2) is 7.21. The van der Waals surface area contributed by atoms with Crippen LogP contribution in [0.5, 0.6) is 0 Å². The quantitative estimate of drug-likeness (QED) is 0.573. The summed E-state index contributed by atoms with van der Waals surface area (Å²) < 4.78 is 0. The molecule has 0 radical (unpaired) electrons. The van der Waals surface area contributed by atoms with Crippen LogP contribution >= 0.6 is 0 Å². The Balaban J connectivity index is 3.73. The largest absolute Gasteiger partial charge is 0.308 e. The standard InChI is InChI=1S/C11H27N3/c1-7-14(11(2)3)10-13(6)9-8-12(4)5/h11H,7-10H2,1-6H3. The smallest absolute Gasteiger partial charge is 0.0506 e. The van der Waals surface area contributed by atoms with E-state index in [9.17, 15) is 0 Å². The fraction of sp³-hybridized carbons (Fsp3) is 1.00. The van der Waals surface area contributed by atoms with E-state index in [-0.39, 0.29) is 0 Å². The number of rotatable bonds is 7. The van der Waals surface area contributed by atoms with Crippen molar-refractivity contribution in [2.75, 3.05) is 47.4 Å². The van der Waals surface area contributed by atoms with Gasteiger partial charge >= 0.3 is 0 Å². The second-order valence-electron chi connectivity index (χ2n) is 4.52. The summed E-state index contributed by atoms with van der Waals surface area (Å²) in [6.45, 7) is 11.2. The molecular weight excluding hydrogens is 174 g/mol. The third-order valence-electron chi connectivity index (χ3n) is 2.49. The van der Waals surface area contributed by atoms with Gasteiger partial charge in [-0.1, -0.05) is 6.92 Å². The Morgan fingerprint density at radius 2 is 1.57 bits per heavy atom. The summed E-state index contributed by atoms with van der Waals surface area (Å²) in [6.07, 6.45) is 0. The Labute approximate surface area is 89.7 Å². The lowest BCUT2D eigenvalue weighted by molar-refractivity contribution is 0.124. The van der Waals surface area contributed by atoms with Crippen molar-refractivity contribution in [1.82, 2.24) is 14.7 Å². The molecule has 0 aliphatic carbocycles. The van der Waals surface area contributed by atoms with Crippen molar-refractivity contribution in [2.45, 2.75) is 26.8 Å². The van der Waals surface area contributed by atoms with Gasteiger partial charge in [-0.3, -0.25) is 9.80 Å². The number of nitrogens with zero attached hydrogens (tertiary/aromatic N) is 3. The van der Waals surface area contributed by atoms with Crippen LogP contribution in [0.25, 0.3) is 0 Å². The average molecular weight is 201 g/mol. The summed E-state index contributed by atoms with van der Waals surface area (Å²) >= 11 is 0. The Bertz CT molecular complexity index is 134. The highest BCUT2D eigenvalue weighted by atomic mass is 15.3. The topological polar surface area (TPSA) is 9.72 Å². The van der Waals surface area contributed by atoms with E-state index in [4.69, 9.17) is 0 Å². The molecule has 0 rings (SSSR count). The molecule has 0 aliphatic heterocycles. The monoisotopic (exact) mass is 201 g/mol. The summed E-state index contributed by atoms with van der Waals surface area (Å²) in [5.41, 5.74) is 0. The molecule has 3 heteroatoms. The fourth-order valence-electron chi connectivity index (χ4n) is 1.38.